The lowest BCUT2D eigenvalue weighted by Crippen LogP contribution is -2.31. The Hall–Kier alpha value is -3.15. The van der Waals surface area contributed by atoms with Crippen LogP contribution in [0.4, 0.5) is 10.5 Å². The van der Waals surface area contributed by atoms with Crippen molar-refractivity contribution in [2.45, 2.75) is 11.9 Å². The molecule has 0 bridgehead atoms. The zero-order valence-corrected chi connectivity index (χ0v) is 15.3. The first-order chi connectivity index (χ1) is 13.8. The van der Waals surface area contributed by atoms with Gasteiger partial charge in [-0.15, -0.1) is 0 Å². The Morgan fingerprint density at radius 1 is 0.893 bits per heavy atom. The minimum absolute atomic E-state index is 0.0973. The highest BCUT2D eigenvalue weighted by molar-refractivity contribution is 5.84. The first kappa shape index (κ1) is 18.2. The van der Waals surface area contributed by atoms with Crippen molar-refractivity contribution < 1.29 is 19.0 Å². The van der Waals surface area contributed by atoms with Gasteiger partial charge in [-0.25, -0.2) is 4.79 Å². The highest BCUT2D eigenvalue weighted by Gasteiger charge is 2.45. The molecule has 5 nitrogen and oxygen atoms in total. The van der Waals surface area contributed by atoms with Gasteiger partial charge < -0.3 is 14.2 Å². The number of carbonyl (C=O) groups is 1. The van der Waals surface area contributed by atoms with Gasteiger partial charge in [-0.1, -0.05) is 78.9 Å². The van der Waals surface area contributed by atoms with Crippen LogP contribution in [-0.2, 0) is 20.0 Å². The fourth-order valence-corrected chi connectivity index (χ4v) is 3.22. The maximum Gasteiger partial charge on any atom is 0.411 e. The molecule has 1 N–H and O–H groups in total. The molecule has 3 aromatic carbocycles. The Morgan fingerprint density at radius 2 is 1.43 bits per heavy atom. The Kier molecular flexibility index (Phi) is 5.37. The lowest BCUT2D eigenvalue weighted by atomic mass is 9.97. The SMILES string of the molecule is O=C(Nc1ccccc1)OCC1COC(c2ccccc2)(c2ccccc2)O1. The lowest BCUT2D eigenvalue weighted by Gasteiger charge is -2.29. The number of hydrogen-bond donors (Lipinski definition) is 1. The first-order valence-corrected chi connectivity index (χ1v) is 9.18. The van der Waals surface area contributed by atoms with E-state index in [4.69, 9.17) is 14.2 Å². The number of amides is 1. The number of nitrogens with one attached hydrogen (secondary N) is 1. The van der Waals surface area contributed by atoms with E-state index in [2.05, 4.69) is 5.32 Å². The normalized spacial score (nSPS) is 17.8. The highest BCUT2D eigenvalue weighted by atomic mass is 16.8. The van der Waals surface area contributed by atoms with Crippen molar-refractivity contribution in [3.05, 3.63) is 102 Å². The molecule has 1 saturated heterocycles. The van der Waals surface area contributed by atoms with Gasteiger partial charge in [-0.3, -0.25) is 5.32 Å². The van der Waals surface area contributed by atoms with Crippen molar-refractivity contribution in [2.24, 2.45) is 0 Å². The molecule has 0 radical (unpaired) electrons. The van der Waals surface area contributed by atoms with Crippen molar-refractivity contribution in [2.75, 3.05) is 18.5 Å². The molecule has 0 saturated carbocycles. The molecule has 3 aromatic rings. The predicted octanol–water partition coefficient (Wildman–Crippen LogP) is 4.55. The molecule has 142 valence electrons. The molecule has 5 heteroatoms. The first-order valence-electron chi connectivity index (χ1n) is 9.18. The maximum atomic E-state index is 12.0. The Labute approximate surface area is 163 Å². The van der Waals surface area contributed by atoms with Gasteiger partial charge in [0.1, 0.15) is 12.7 Å². The van der Waals surface area contributed by atoms with Gasteiger partial charge in [0, 0.05) is 16.8 Å². The van der Waals surface area contributed by atoms with E-state index >= 15 is 0 Å². The van der Waals surface area contributed by atoms with E-state index in [9.17, 15) is 4.79 Å². The third-order valence-electron chi connectivity index (χ3n) is 4.53. The smallest absolute Gasteiger partial charge is 0.411 e. The molecule has 1 fully saturated rings. The van der Waals surface area contributed by atoms with Crippen LogP contribution >= 0.6 is 0 Å². The van der Waals surface area contributed by atoms with Gasteiger partial charge in [-0.05, 0) is 12.1 Å². The summed E-state index contributed by atoms with van der Waals surface area (Å²) in [5.74, 6) is -1.01. The van der Waals surface area contributed by atoms with Gasteiger partial charge in [0.05, 0.1) is 6.61 Å². The lowest BCUT2D eigenvalue weighted by molar-refractivity contribution is -0.146. The summed E-state index contributed by atoms with van der Waals surface area (Å²) in [6, 6.07) is 28.7. The van der Waals surface area contributed by atoms with Crippen LogP contribution in [0.15, 0.2) is 91.0 Å². The molecule has 4 rings (SSSR count). The second-order valence-electron chi connectivity index (χ2n) is 6.49. The standard InChI is InChI=1S/C23H21NO4/c25-22(24-20-14-8-3-9-15-20)26-16-21-17-27-23(28-21,18-10-4-1-5-11-18)19-12-6-2-7-13-19/h1-15,21H,16-17H2,(H,24,25). The van der Waals surface area contributed by atoms with Gasteiger partial charge >= 0.3 is 6.09 Å². The summed E-state index contributed by atoms with van der Waals surface area (Å²) < 4.78 is 17.8. The molecule has 0 aromatic heterocycles. The molecular weight excluding hydrogens is 354 g/mol. The molecule has 0 spiro atoms. The molecule has 1 unspecified atom stereocenters. The number of rotatable bonds is 5. The number of para-hydroxylation sites is 1. The second-order valence-corrected chi connectivity index (χ2v) is 6.49. The van der Waals surface area contributed by atoms with Gasteiger partial charge in [0.2, 0.25) is 5.79 Å². The van der Waals surface area contributed by atoms with Crippen LogP contribution in [0.5, 0.6) is 0 Å². The molecule has 1 atom stereocenters. The summed E-state index contributed by atoms with van der Waals surface area (Å²) >= 11 is 0. The fraction of sp³-hybridized carbons (Fsp3) is 0.174. The number of anilines is 1. The zero-order chi connectivity index (χ0) is 19.2. The maximum absolute atomic E-state index is 12.0. The van der Waals surface area contributed by atoms with E-state index in [1.807, 2.05) is 78.9 Å². The fourth-order valence-electron chi connectivity index (χ4n) is 3.22. The Balaban J connectivity index is 1.45. The molecule has 1 amide bonds. The largest absolute Gasteiger partial charge is 0.446 e. The number of benzene rings is 3. The second kappa shape index (κ2) is 8.25. The topological polar surface area (TPSA) is 56.8 Å². The van der Waals surface area contributed by atoms with Gasteiger partial charge in [0.15, 0.2) is 0 Å². The number of carbonyl (C=O) groups excluding carboxylic acids is 1. The van der Waals surface area contributed by atoms with E-state index < -0.39 is 11.9 Å². The van der Waals surface area contributed by atoms with Crippen LogP contribution in [0, 0.1) is 0 Å². The quantitative estimate of drug-likeness (QED) is 0.711. The molecule has 1 heterocycles. The van der Waals surface area contributed by atoms with Crippen molar-refractivity contribution in [1.82, 2.24) is 0 Å². The third-order valence-corrected chi connectivity index (χ3v) is 4.53. The van der Waals surface area contributed by atoms with E-state index in [0.717, 1.165) is 11.1 Å². The van der Waals surface area contributed by atoms with Crippen molar-refractivity contribution in [3.8, 4) is 0 Å². The van der Waals surface area contributed by atoms with Gasteiger partial charge in [-0.2, -0.15) is 0 Å². The minimum atomic E-state index is -1.01. The van der Waals surface area contributed by atoms with E-state index in [0.29, 0.717) is 12.3 Å². The van der Waals surface area contributed by atoms with Crippen molar-refractivity contribution in [1.29, 1.82) is 0 Å². The van der Waals surface area contributed by atoms with Crippen LogP contribution in [0.3, 0.4) is 0 Å². The summed E-state index contributed by atoms with van der Waals surface area (Å²) in [4.78, 5) is 12.0. The third kappa shape index (κ3) is 3.91. The highest BCUT2D eigenvalue weighted by Crippen LogP contribution is 2.40. The van der Waals surface area contributed by atoms with Crippen LogP contribution in [0.2, 0.25) is 0 Å². The van der Waals surface area contributed by atoms with E-state index in [1.54, 1.807) is 12.1 Å². The zero-order valence-electron chi connectivity index (χ0n) is 15.3. The summed E-state index contributed by atoms with van der Waals surface area (Å²) in [5, 5.41) is 2.69. The molecular formula is C23H21NO4. The average Bonchev–Trinajstić information content (AvgIpc) is 3.20. The Morgan fingerprint density at radius 3 is 2.00 bits per heavy atom. The van der Waals surface area contributed by atoms with Crippen LogP contribution in [0.25, 0.3) is 0 Å². The number of hydrogen-bond acceptors (Lipinski definition) is 4. The summed E-state index contributed by atoms with van der Waals surface area (Å²) in [6.07, 6.45) is -0.895. The predicted molar refractivity (Wildman–Crippen MR) is 106 cm³/mol. The summed E-state index contributed by atoms with van der Waals surface area (Å²) in [5.41, 5.74) is 2.48. The van der Waals surface area contributed by atoms with Crippen molar-refractivity contribution in [3.63, 3.8) is 0 Å². The molecule has 1 aliphatic heterocycles. The number of ether oxygens (including phenoxy) is 3. The van der Waals surface area contributed by atoms with Crippen LogP contribution in [-0.4, -0.2) is 25.4 Å². The minimum Gasteiger partial charge on any atom is -0.446 e. The van der Waals surface area contributed by atoms with Crippen LogP contribution in [0.1, 0.15) is 11.1 Å². The molecule has 28 heavy (non-hydrogen) atoms. The molecule has 0 aliphatic carbocycles. The van der Waals surface area contributed by atoms with E-state index in [-0.39, 0.29) is 12.7 Å². The summed E-state index contributed by atoms with van der Waals surface area (Å²) in [6.45, 7) is 0.419. The molecule has 1 aliphatic rings. The summed E-state index contributed by atoms with van der Waals surface area (Å²) in [7, 11) is 0. The monoisotopic (exact) mass is 375 g/mol. The van der Waals surface area contributed by atoms with E-state index in [1.165, 1.54) is 0 Å². The Bertz CT molecular complexity index is 860. The van der Waals surface area contributed by atoms with Crippen LogP contribution < -0.4 is 5.32 Å². The van der Waals surface area contributed by atoms with Gasteiger partial charge in [0.25, 0.3) is 0 Å². The van der Waals surface area contributed by atoms with Crippen molar-refractivity contribution >= 4 is 11.8 Å². The average molecular weight is 375 g/mol.